The Morgan fingerprint density at radius 1 is 1.42 bits per heavy atom. The molecule has 0 heterocycles. The van der Waals surface area contributed by atoms with Crippen LogP contribution in [0.5, 0.6) is 0 Å². The molecule has 0 aliphatic heterocycles. The van der Waals surface area contributed by atoms with E-state index >= 15 is 0 Å². The predicted octanol–water partition coefficient (Wildman–Crippen LogP) is 3.11. The number of hydrogen-bond acceptors (Lipinski definition) is 1. The van der Waals surface area contributed by atoms with Crippen molar-refractivity contribution in [3.05, 3.63) is 34.3 Å². The molecule has 1 rings (SSSR count). The molecule has 0 bridgehead atoms. The van der Waals surface area contributed by atoms with Crippen molar-refractivity contribution in [3.8, 4) is 0 Å². The second-order valence-electron chi connectivity index (χ2n) is 2.50. The van der Waals surface area contributed by atoms with Gasteiger partial charge in [0.2, 0.25) is 0 Å². The monoisotopic (exact) mass is 248 g/mol. The zero-order chi connectivity index (χ0) is 8.97. The predicted molar refractivity (Wildman–Crippen MR) is 54.4 cm³/mol. The smallest absolute Gasteiger partial charge is 0.0618 e. The first-order valence-corrected chi connectivity index (χ1v) is 4.98. The summed E-state index contributed by atoms with van der Waals surface area (Å²) in [7, 11) is 0. The van der Waals surface area contributed by atoms with Gasteiger partial charge < -0.3 is 5.11 Å². The van der Waals surface area contributed by atoms with Crippen LogP contribution in [0.1, 0.15) is 17.4 Å². The Bertz CT molecular complexity index is 252. The molecule has 1 aromatic carbocycles. The van der Waals surface area contributed by atoms with E-state index in [-0.39, 0.29) is 12.0 Å². The largest absolute Gasteiger partial charge is 0.396 e. The summed E-state index contributed by atoms with van der Waals surface area (Å²) >= 11 is 9.42. The van der Waals surface area contributed by atoms with E-state index in [2.05, 4.69) is 15.9 Å². The van der Waals surface area contributed by atoms with Crippen LogP contribution in [-0.4, -0.2) is 11.7 Å². The van der Waals surface area contributed by atoms with Gasteiger partial charge in [0.1, 0.15) is 0 Å². The second kappa shape index (κ2) is 4.85. The number of hydrogen-bond donors (Lipinski definition) is 1. The van der Waals surface area contributed by atoms with Crippen LogP contribution in [0, 0.1) is 0 Å². The van der Waals surface area contributed by atoms with Gasteiger partial charge in [0.05, 0.1) is 5.38 Å². The maximum absolute atomic E-state index is 8.69. The highest BCUT2D eigenvalue weighted by Crippen LogP contribution is 2.29. The van der Waals surface area contributed by atoms with Crippen LogP contribution in [0.4, 0.5) is 0 Å². The minimum absolute atomic E-state index is 0.106. The minimum Gasteiger partial charge on any atom is -0.396 e. The lowest BCUT2D eigenvalue weighted by atomic mass is 10.1. The molecule has 1 N–H and O–H groups in total. The summed E-state index contributed by atoms with van der Waals surface area (Å²) in [4.78, 5) is 0. The molecule has 0 aliphatic carbocycles. The van der Waals surface area contributed by atoms with E-state index in [1.807, 2.05) is 24.3 Å². The molecule has 0 saturated carbocycles. The van der Waals surface area contributed by atoms with E-state index in [0.29, 0.717) is 6.42 Å². The van der Waals surface area contributed by atoms with Crippen LogP contribution in [0.25, 0.3) is 0 Å². The standard InChI is InChI=1S/C9H10BrClO/c10-8-4-2-1-3-7(8)9(11)5-6-12/h1-4,9,12H,5-6H2/t9-/m0/s1. The van der Waals surface area contributed by atoms with Gasteiger partial charge in [-0.1, -0.05) is 34.1 Å². The Morgan fingerprint density at radius 3 is 2.67 bits per heavy atom. The number of benzene rings is 1. The topological polar surface area (TPSA) is 20.2 Å². The summed E-state index contributed by atoms with van der Waals surface area (Å²) in [6.07, 6.45) is 0.587. The van der Waals surface area contributed by atoms with Gasteiger partial charge >= 0.3 is 0 Å². The first-order chi connectivity index (χ1) is 5.75. The van der Waals surface area contributed by atoms with Crippen molar-refractivity contribution in [2.24, 2.45) is 0 Å². The summed E-state index contributed by atoms with van der Waals surface area (Å²) < 4.78 is 0.999. The average Bonchev–Trinajstić information content (AvgIpc) is 2.05. The van der Waals surface area contributed by atoms with Crippen LogP contribution in [-0.2, 0) is 0 Å². The molecule has 0 aliphatic rings. The summed E-state index contributed by atoms with van der Waals surface area (Å²) in [6, 6.07) is 7.78. The highest BCUT2D eigenvalue weighted by atomic mass is 79.9. The molecule has 1 nitrogen and oxygen atoms in total. The molecule has 0 spiro atoms. The van der Waals surface area contributed by atoms with Crippen LogP contribution in [0.3, 0.4) is 0 Å². The van der Waals surface area contributed by atoms with Crippen molar-refractivity contribution in [2.75, 3.05) is 6.61 Å². The lowest BCUT2D eigenvalue weighted by Crippen LogP contribution is -1.94. The number of halogens is 2. The zero-order valence-corrected chi connectivity index (χ0v) is 8.85. The number of alkyl halides is 1. The fourth-order valence-electron chi connectivity index (χ4n) is 0.998. The van der Waals surface area contributed by atoms with Crippen molar-refractivity contribution in [3.63, 3.8) is 0 Å². The van der Waals surface area contributed by atoms with E-state index < -0.39 is 0 Å². The van der Waals surface area contributed by atoms with Gasteiger partial charge in [-0.2, -0.15) is 0 Å². The van der Waals surface area contributed by atoms with Crippen molar-refractivity contribution in [2.45, 2.75) is 11.8 Å². The van der Waals surface area contributed by atoms with Gasteiger partial charge in [0.25, 0.3) is 0 Å². The van der Waals surface area contributed by atoms with Gasteiger partial charge in [0.15, 0.2) is 0 Å². The molecule has 1 atom stereocenters. The van der Waals surface area contributed by atoms with Crippen LogP contribution in [0.15, 0.2) is 28.7 Å². The fraction of sp³-hybridized carbons (Fsp3) is 0.333. The summed E-state index contributed by atoms with van der Waals surface area (Å²) in [6.45, 7) is 0.121. The first-order valence-electron chi connectivity index (χ1n) is 3.75. The lowest BCUT2D eigenvalue weighted by Gasteiger charge is -2.09. The maximum atomic E-state index is 8.69. The SMILES string of the molecule is OCC[C@H](Cl)c1ccccc1Br. The molecular formula is C9H10BrClO. The molecule has 3 heteroatoms. The molecule has 0 radical (unpaired) electrons. The summed E-state index contributed by atoms with van der Waals surface area (Å²) in [5.41, 5.74) is 1.04. The van der Waals surface area contributed by atoms with Crippen molar-refractivity contribution in [1.29, 1.82) is 0 Å². The van der Waals surface area contributed by atoms with Gasteiger partial charge in [0, 0.05) is 11.1 Å². The highest BCUT2D eigenvalue weighted by Gasteiger charge is 2.09. The van der Waals surface area contributed by atoms with E-state index in [1.54, 1.807) is 0 Å². The van der Waals surface area contributed by atoms with Crippen molar-refractivity contribution in [1.82, 2.24) is 0 Å². The number of aliphatic hydroxyl groups is 1. The van der Waals surface area contributed by atoms with Crippen LogP contribution in [0.2, 0.25) is 0 Å². The van der Waals surface area contributed by atoms with Crippen LogP contribution < -0.4 is 0 Å². The highest BCUT2D eigenvalue weighted by molar-refractivity contribution is 9.10. The third kappa shape index (κ3) is 2.47. The fourth-order valence-corrected chi connectivity index (χ4v) is 1.98. The molecule has 1 aromatic rings. The molecule has 0 saturated heterocycles. The van der Waals surface area contributed by atoms with E-state index in [0.717, 1.165) is 10.0 Å². The molecular weight excluding hydrogens is 239 g/mol. The number of aliphatic hydroxyl groups excluding tert-OH is 1. The normalized spacial score (nSPS) is 12.9. The number of rotatable bonds is 3. The lowest BCUT2D eigenvalue weighted by molar-refractivity contribution is 0.286. The Kier molecular flexibility index (Phi) is 4.06. The molecule has 0 amide bonds. The van der Waals surface area contributed by atoms with Gasteiger partial charge in [-0.05, 0) is 18.1 Å². The maximum Gasteiger partial charge on any atom is 0.0618 e. The first kappa shape index (κ1) is 10.0. The van der Waals surface area contributed by atoms with Crippen molar-refractivity contribution < 1.29 is 5.11 Å². The zero-order valence-electron chi connectivity index (χ0n) is 6.50. The van der Waals surface area contributed by atoms with Crippen molar-refractivity contribution >= 4 is 27.5 Å². The van der Waals surface area contributed by atoms with Gasteiger partial charge in [-0.3, -0.25) is 0 Å². The Balaban J connectivity index is 2.79. The van der Waals surface area contributed by atoms with E-state index in [4.69, 9.17) is 16.7 Å². The van der Waals surface area contributed by atoms with E-state index in [1.165, 1.54) is 0 Å². The Hall–Kier alpha value is -0.0500. The minimum atomic E-state index is -0.106. The molecule has 0 aromatic heterocycles. The average molecular weight is 250 g/mol. The van der Waals surface area contributed by atoms with E-state index in [9.17, 15) is 0 Å². The Labute approximate surface area is 85.5 Å². The Morgan fingerprint density at radius 2 is 2.08 bits per heavy atom. The quantitative estimate of drug-likeness (QED) is 0.816. The van der Waals surface area contributed by atoms with Gasteiger partial charge in [-0.15, -0.1) is 11.6 Å². The molecule has 12 heavy (non-hydrogen) atoms. The summed E-state index contributed by atoms with van der Waals surface area (Å²) in [5.74, 6) is 0. The molecule has 0 unspecified atom stereocenters. The molecule has 0 fully saturated rings. The van der Waals surface area contributed by atoms with Crippen LogP contribution >= 0.6 is 27.5 Å². The van der Waals surface area contributed by atoms with Gasteiger partial charge in [-0.25, -0.2) is 0 Å². The third-order valence-corrected chi connectivity index (χ3v) is 2.80. The molecule has 66 valence electrons. The second-order valence-corrected chi connectivity index (χ2v) is 3.88. The summed E-state index contributed by atoms with van der Waals surface area (Å²) in [5, 5.41) is 8.58. The third-order valence-electron chi connectivity index (χ3n) is 1.63.